The van der Waals surface area contributed by atoms with Crippen LogP contribution >= 0.6 is 0 Å². The molecule has 2 nitrogen and oxygen atoms in total. The summed E-state index contributed by atoms with van der Waals surface area (Å²) in [5.41, 5.74) is 1.43. The standard InChI is InChI=1S/C15H21NO/c1-2-4-15(17-11-12-5-6-12)14(3-1)13-7-9-16-10-8-13/h1-4,12-13,16H,5-11H2. The van der Waals surface area contributed by atoms with E-state index in [1.807, 2.05) is 0 Å². The zero-order valence-corrected chi connectivity index (χ0v) is 10.3. The first-order valence-corrected chi connectivity index (χ1v) is 6.86. The van der Waals surface area contributed by atoms with E-state index in [0.29, 0.717) is 5.92 Å². The van der Waals surface area contributed by atoms with Gasteiger partial charge in [0.25, 0.3) is 0 Å². The third kappa shape index (κ3) is 2.81. The molecule has 0 aromatic heterocycles. The Bertz CT molecular complexity index is 367. The summed E-state index contributed by atoms with van der Waals surface area (Å²) in [6.07, 6.45) is 5.19. The molecule has 0 spiro atoms. The Hall–Kier alpha value is -1.02. The van der Waals surface area contributed by atoms with Crippen LogP contribution in [0.15, 0.2) is 24.3 Å². The minimum Gasteiger partial charge on any atom is -0.493 e. The molecule has 0 unspecified atom stereocenters. The summed E-state index contributed by atoms with van der Waals surface area (Å²) in [5, 5.41) is 3.42. The summed E-state index contributed by atoms with van der Waals surface area (Å²) in [4.78, 5) is 0. The predicted octanol–water partition coefficient (Wildman–Crippen LogP) is 2.94. The second kappa shape index (κ2) is 5.09. The number of hydrogen-bond donors (Lipinski definition) is 1. The van der Waals surface area contributed by atoms with Crippen LogP contribution in [0.25, 0.3) is 0 Å². The minimum absolute atomic E-state index is 0.687. The zero-order valence-electron chi connectivity index (χ0n) is 10.3. The molecule has 17 heavy (non-hydrogen) atoms. The lowest BCUT2D eigenvalue weighted by atomic mass is 9.89. The molecular weight excluding hydrogens is 210 g/mol. The molecule has 1 aromatic carbocycles. The molecule has 0 atom stereocenters. The molecule has 92 valence electrons. The van der Waals surface area contributed by atoms with E-state index in [9.17, 15) is 0 Å². The molecule has 1 saturated carbocycles. The van der Waals surface area contributed by atoms with Gasteiger partial charge in [0.2, 0.25) is 0 Å². The molecule has 0 radical (unpaired) electrons. The Morgan fingerprint density at radius 2 is 1.82 bits per heavy atom. The zero-order chi connectivity index (χ0) is 11.5. The summed E-state index contributed by atoms with van der Waals surface area (Å²) < 4.78 is 5.99. The summed E-state index contributed by atoms with van der Waals surface area (Å²) >= 11 is 0. The van der Waals surface area contributed by atoms with Gasteiger partial charge in [0, 0.05) is 0 Å². The lowest BCUT2D eigenvalue weighted by Gasteiger charge is -2.24. The predicted molar refractivity (Wildman–Crippen MR) is 69.5 cm³/mol. The van der Waals surface area contributed by atoms with Gasteiger partial charge in [0.15, 0.2) is 0 Å². The van der Waals surface area contributed by atoms with Gasteiger partial charge in [-0.2, -0.15) is 0 Å². The first-order valence-electron chi connectivity index (χ1n) is 6.86. The van der Waals surface area contributed by atoms with Gasteiger partial charge < -0.3 is 10.1 Å². The van der Waals surface area contributed by atoms with Gasteiger partial charge in [0.05, 0.1) is 6.61 Å². The van der Waals surface area contributed by atoms with Crippen LogP contribution in [0.1, 0.15) is 37.2 Å². The summed E-state index contributed by atoms with van der Waals surface area (Å²) in [7, 11) is 0. The van der Waals surface area contributed by atoms with Crippen LogP contribution in [-0.4, -0.2) is 19.7 Å². The molecule has 3 rings (SSSR count). The van der Waals surface area contributed by atoms with Crippen molar-refractivity contribution in [1.29, 1.82) is 0 Å². The third-order valence-corrected chi connectivity index (χ3v) is 3.87. The first-order chi connectivity index (χ1) is 8.43. The van der Waals surface area contributed by atoms with Crippen molar-refractivity contribution in [3.8, 4) is 5.75 Å². The number of ether oxygens (including phenoxy) is 1. The minimum atomic E-state index is 0.687. The third-order valence-electron chi connectivity index (χ3n) is 3.87. The van der Waals surface area contributed by atoms with E-state index < -0.39 is 0 Å². The Balaban J connectivity index is 1.71. The molecule has 2 heteroatoms. The Kier molecular flexibility index (Phi) is 3.32. The molecule has 1 saturated heterocycles. The van der Waals surface area contributed by atoms with Gasteiger partial charge in [-0.15, -0.1) is 0 Å². The summed E-state index contributed by atoms with van der Waals surface area (Å²) in [6.45, 7) is 3.20. The fourth-order valence-electron chi connectivity index (χ4n) is 2.57. The van der Waals surface area contributed by atoms with Crippen LogP contribution in [0.4, 0.5) is 0 Å². The van der Waals surface area contributed by atoms with Crippen molar-refractivity contribution in [3.05, 3.63) is 29.8 Å². The SMILES string of the molecule is c1ccc(C2CCNCC2)c(OCC2CC2)c1. The highest BCUT2D eigenvalue weighted by molar-refractivity contribution is 5.36. The molecule has 2 aliphatic rings. The number of nitrogens with one attached hydrogen (secondary N) is 1. The Morgan fingerprint density at radius 1 is 1.06 bits per heavy atom. The van der Waals surface area contributed by atoms with Crippen molar-refractivity contribution in [1.82, 2.24) is 5.32 Å². The largest absolute Gasteiger partial charge is 0.493 e. The number of benzene rings is 1. The molecule has 1 aliphatic carbocycles. The van der Waals surface area contributed by atoms with Crippen molar-refractivity contribution in [2.24, 2.45) is 5.92 Å². The van der Waals surface area contributed by atoms with E-state index >= 15 is 0 Å². The smallest absolute Gasteiger partial charge is 0.122 e. The van der Waals surface area contributed by atoms with Crippen LogP contribution in [-0.2, 0) is 0 Å². The van der Waals surface area contributed by atoms with Crippen LogP contribution in [0, 0.1) is 5.92 Å². The molecule has 1 aromatic rings. The highest BCUT2D eigenvalue weighted by atomic mass is 16.5. The quantitative estimate of drug-likeness (QED) is 0.860. The Labute approximate surface area is 103 Å². The highest BCUT2D eigenvalue weighted by Crippen LogP contribution is 2.34. The molecule has 0 amide bonds. The van der Waals surface area contributed by atoms with E-state index in [-0.39, 0.29) is 0 Å². The average molecular weight is 231 g/mol. The lowest BCUT2D eigenvalue weighted by Crippen LogP contribution is -2.26. The topological polar surface area (TPSA) is 21.3 Å². The van der Waals surface area contributed by atoms with Crippen molar-refractivity contribution in [2.75, 3.05) is 19.7 Å². The van der Waals surface area contributed by atoms with Crippen molar-refractivity contribution in [2.45, 2.75) is 31.6 Å². The van der Waals surface area contributed by atoms with Crippen molar-refractivity contribution in [3.63, 3.8) is 0 Å². The van der Waals surface area contributed by atoms with E-state index in [0.717, 1.165) is 31.4 Å². The molecule has 1 N–H and O–H groups in total. The maximum absolute atomic E-state index is 5.99. The summed E-state index contributed by atoms with van der Waals surface area (Å²) in [5.74, 6) is 2.65. The van der Waals surface area contributed by atoms with Crippen LogP contribution in [0.3, 0.4) is 0 Å². The van der Waals surface area contributed by atoms with Crippen LogP contribution < -0.4 is 10.1 Å². The normalized spacial score (nSPS) is 21.4. The van der Waals surface area contributed by atoms with Crippen LogP contribution in [0.2, 0.25) is 0 Å². The van der Waals surface area contributed by atoms with Gasteiger partial charge in [-0.3, -0.25) is 0 Å². The number of piperidine rings is 1. The molecule has 2 fully saturated rings. The number of hydrogen-bond acceptors (Lipinski definition) is 2. The maximum atomic E-state index is 5.99. The number of rotatable bonds is 4. The fraction of sp³-hybridized carbons (Fsp3) is 0.600. The Morgan fingerprint density at radius 3 is 2.59 bits per heavy atom. The summed E-state index contributed by atoms with van der Waals surface area (Å²) in [6, 6.07) is 8.62. The van der Waals surface area contributed by atoms with Crippen molar-refractivity contribution >= 4 is 0 Å². The molecule has 0 bridgehead atoms. The van der Waals surface area contributed by atoms with Crippen LogP contribution in [0.5, 0.6) is 5.75 Å². The second-order valence-electron chi connectivity index (χ2n) is 5.32. The molecule has 1 aliphatic heterocycles. The average Bonchev–Trinajstić information content (AvgIpc) is 3.22. The number of para-hydroxylation sites is 1. The molecule has 1 heterocycles. The van der Waals surface area contributed by atoms with Crippen molar-refractivity contribution < 1.29 is 4.74 Å². The van der Waals surface area contributed by atoms with E-state index in [4.69, 9.17) is 4.74 Å². The van der Waals surface area contributed by atoms with Gasteiger partial charge in [0.1, 0.15) is 5.75 Å². The monoisotopic (exact) mass is 231 g/mol. The lowest BCUT2D eigenvalue weighted by molar-refractivity contribution is 0.292. The first kappa shape index (κ1) is 11.1. The van der Waals surface area contributed by atoms with Gasteiger partial charge >= 0.3 is 0 Å². The highest BCUT2D eigenvalue weighted by Gasteiger charge is 2.23. The molecular formula is C15H21NO. The fourth-order valence-corrected chi connectivity index (χ4v) is 2.57. The van der Waals surface area contributed by atoms with Gasteiger partial charge in [-0.1, -0.05) is 18.2 Å². The van der Waals surface area contributed by atoms with Gasteiger partial charge in [-0.25, -0.2) is 0 Å². The van der Waals surface area contributed by atoms with E-state index in [2.05, 4.69) is 29.6 Å². The van der Waals surface area contributed by atoms with E-state index in [1.54, 1.807) is 0 Å². The van der Waals surface area contributed by atoms with E-state index in [1.165, 1.54) is 31.2 Å². The maximum Gasteiger partial charge on any atom is 0.122 e. The second-order valence-corrected chi connectivity index (χ2v) is 5.32. The van der Waals surface area contributed by atoms with Gasteiger partial charge in [-0.05, 0) is 62.2 Å².